The van der Waals surface area contributed by atoms with Crippen molar-refractivity contribution in [1.82, 2.24) is 30.8 Å². The molecule has 0 fully saturated rings. The van der Waals surface area contributed by atoms with Crippen molar-refractivity contribution in [2.24, 2.45) is 0 Å². The SMILES string of the molecule is COC(=O)c1cc(C(=O)O)c(C(=O)NNC(=O)c2ccc(NCc3cnc4nc(N)[nH]c(=O)c4n3)cc2)cc1C(=O)O. The van der Waals surface area contributed by atoms with Gasteiger partial charge in [0.05, 0.1) is 47.8 Å². The monoisotopic (exact) mass is 576 g/mol. The first-order chi connectivity index (χ1) is 20.0. The number of hydrazine groups is 1. The van der Waals surface area contributed by atoms with Crippen molar-refractivity contribution >= 4 is 52.5 Å². The lowest BCUT2D eigenvalue weighted by molar-refractivity contribution is 0.0582. The number of anilines is 2. The van der Waals surface area contributed by atoms with Crippen molar-refractivity contribution in [3.05, 3.63) is 86.5 Å². The Morgan fingerprint density at radius 1 is 0.905 bits per heavy atom. The highest BCUT2D eigenvalue weighted by molar-refractivity contribution is 6.11. The van der Waals surface area contributed by atoms with Crippen LogP contribution in [-0.2, 0) is 11.3 Å². The first-order valence-corrected chi connectivity index (χ1v) is 11.7. The smallest absolute Gasteiger partial charge is 0.338 e. The third kappa shape index (κ3) is 6.09. The molecule has 0 saturated carbocycles. The zero-order valence-corrected chi connectivity index (χ0v) is 21.4. The number of hydrogen-bond acceptors (Lipinski definition) is 12. The van der Waals surface area contributed by atoms with Crippen LogP contribution >= 0.6 is 0 Å². The Morgan fingerprint density at radius 2 is 1.52 bits per heavy atom. The number of hydrogen-bond donors (Lipinski definition) is 7. The molecule has 4 aromatic rings. The largest absolute Gasteiger partial charge is 0.478 e. The number of rotatable bonds is 8. The number of amides is 2. The Bertz CT molecular complexity index is 1820. The van der Waals surface area contributed by atoms with Crippen molar-refractivity contribution in [3.63, 3.8) is 0 Å². The highest BCUT2D eigenvalue weighted by atomic mass is 16.5. The van der Waals surface area contributed by atoms with Gasteiger partial charge in [0.25, 0.3) is 17.4 Å². The zero-order chi connectivity index (χ0) is 30.6. The fourth-order valence-corrected chi connectivity index (χ4v) is 3.66. The molecule has 17 heteroatoms. The number of H-pyrrole nitrogens is 1. The number of ether oxygens (including phenoxy) is 1. The average Bonchev–Trinajstić information content (AvgIpc) is 2.97. The van der Waals surface area contributed by atoms with Gasteiger partial charge in [0, 0.05) is 11.3 Å². The molecule has 0 aliphatic carbocycles. The standard InChI is InChI=1S/C25H20N8O9/c1-42-24(41)16-7-14(22(37)38)13(6-15(16)23(39)40)20(35)33-32-19(34)10-2-4-11(5-3-10)27-8-12-9-28-18-17(29-12)21(36)31-25(26)30-18/h2-7,9,27H,8H2,1H3,(H,32,34)(H,33,35)(H,37,38)(H,39,40)(H3,26,28,30,31,36). The summed E-state index contributed by atoms with van der Waals surface area (Å²) in [5, 5.41) is 21.9. The lowest BCUT2D eigenvalue weighted by atomic mass is 9.97. The van der Waals surface area contributed by atoms with E-state index in [0.29, 0.717) is 23.5 Å². The number of aromatic amines is 1. The van der Waals surface area contributed by atoms with Crippen LogP contribution in [0.3, 0.4) is 0 Å². The molecular weight excluding hydrogens is 556 g/mol. The molecule has 0 bridgehead atoms. The van der Waals surface area contributed by atoms with Crippen LogP contribution in [0.2, 0.25) is 0 Å². The first kappa shape index (κ1) is 28.6. The molecule has 0 spiro atoms. The van der Waals surface area contributed by atoms with Crippen molar-refractivity contribution in [2.75, 3.05) is 18.2 Å². The number of nitrogens with two attached hydrogens (primary N) is 1. The molecule has 2 amide bonds. The van der Waals surface area contributed by atoms with E-state index in [9.17, 15) is 39.0 Å². The number of carbonyl (C=O) groups excluding carboxylic acids is 3. The topological polar surface area (TPSA) is 269 Å². The number of carbonyl (C=O) groups is 5. The predicted octanol–water partition coefficient (Wildman–Crippen LogP) is 0.165. The molecule has 2 aromatic carbocycles. The molecule has 0 radical (unpaired) electrons. The molecule has 0 unspecified atom stereocenters. The Balaban J connectivity index is 1.42. The average molecular weight is 576 g/mol. The molecule has 4 rings (SSSR count). The van der Waals surface area contributed by atoms with Gasteiger partial charge < -0.3 is 26.0 Å². The maximum absolute atomic E-state index is 12.7. The van der Waals surface area contributed by atoms with E-state index in [1.165, 1.54) is 18.3 Å². The minimum Gasteiger partial charge on any atom is -0.478 e. The maximum atomic E-state index is 12.7. The van der Waals surface area contributed by atoms with Crippen LogP contribution in [0.25, 0.3) is 11.2 Å². The van der Waals surface area contributed by atoms with Crippen LogP contribution in [0.1, 0.15) is 57.5 Å². The number of nitrogens with one attached hydrogen (secondary N) is 4. The minimum atomic E-state index is -1.63. The summed E-state index contributed by atoms with van der Waals surface area (Å²) in [6, 6.07) is 7.34. The second-order valence-corrected chi connectivity index (χ2v) is 8.37. The molecule has 17 nitrogen and oxygen atoms in total. The van der Waals surface area contributed by atoms with Crippen molar-refractivity contribution in [3.8, 4) is 0 Å². The number of nitrogen functional groups attached to an aromatic ring is 1. The summed E-state index contributed by atoms with van der Waals surface area (Å²) >= 11 is 0. The number of carboxylic acids is 2. The van der Waals surface area contributed by atoms with Gasteiger partial charge in [-0.2, -0.15) is 4.98 Å². The summed E-state index contributed by atoms with van der Waals surface area (Å²) in [5.41, 5.74) is 7.75. The molecule has 0 saturated heterocycles. The van der Waals surface area contributed by atoms with E-state index in [1.807, 2.05) is 5.43 Å². The van der Waals surface area contributed by atoms with E-state index < -0.39 is 57.5 Å². The van der Waals surface area contributed by atoms with Crippen LogP contribution in [0, 0.1) is 0 Å². The van der Waals surface area contributed by atoms with Gasteiger partial charge in [-0.3, -0.25) is 30.2 Å². The Hall–Kier alpha value is -6.39. The molecule has 2 aromatic heterocycles. The predicted molar refractivity (Wildman–Crippen MR) is 143 cm³/mol. The summed E-state index contributed by atoms with van der Waals surface area (Å²) < 4.78 is 4.48. The van der Waals surface area contributed by atoms with Gasteiger partial charge in [-0.15, -0.1) is 0 Å². The zero-order valence-electron chi connectivity index (χ0n) is 21.4. The van der Waals surface area contributed by atoms with Crippen LogP contribution in [0.5, 0.6) is 0 Å². The lowest BCUT2D eigenvalue weighted by Gasteiger charge is -2.12. The van der Waals surface area contributed by atoms with Gasteiger partial charge >= 0.3 is 17.9 Å². The van der Waals surface area contributed by atoms with Crippen molar-refractivity contribution in [2.45, 2.75) is 6.54 Å². The van der Waals surface area contributed by atoms with Gasteiger partial charge in [-0.05, 0) is 36.4 Å². The number of fused-ring (bicyclic) bond motifs is 1. The summed E-state index contributed by atoms with van der Waals surface area (Å²) in [6.45, 7) is 0.174. The number of methoxy groups -OCH3 is 1. The second kappa shape index (κ2) is 11.8. The van der Waals surface area contributed by atoms with Gasteiger partial charge in [-0.25, -0.2) is 24.4 Å². The quantitative estimate of drug-likeness (QED) is 0.109. The first-order valence-electron chi connectivity index (χ1n) is 11.7. The Morgan fingerprint density at radius 3 is 2.17 bits per heavy atom. The van der Waals surface area contributed by atoms with Gasteiger partial charge in [-0.1, -0.05) is 0 Å². The van der Waals surface area contributed by atoms with Crippen LogP contribution in [-0.4, -0.2) is 67.0 Å². The number of esters is 1. The number of aromatic nitrogens is 4. The molecular formula is C25H20N8O9. The molecule has 0 atom stereocenters. The fraction of sp³-hybridized carbons (Fsp3) is 0.0800. The van der Waals surface area contributed by atoms with E-state index in [4.69, 9.17) is 5.73 Å². The lowest BCUT2D eigenvalue weighted by Crippen LogP contribution is -2.42. The highest BCUT2D eigenvalue weighted by Crippen LogP contribution is 2.19. The van der Waals surface area contributed by atoms with Gasteiger partial charge in [0.2, 0.25) is 5.95 Å². The third-order valence-corrected chi connectivity index (χ3v) is 5.66. The normalized spacial score (nSPS) is 10.5. The number of nitrogens with zero attached hydrogens (tertiary/aromatic N) is 3. The Kier molecular flexibility index (Phi) is 8.03. The number of benzene rings is 2. The van der Waals surface area contributed by atoms with E-state index in [2.05, 4.69) is 35.4 Å². The van der Waals surface area contributed by atoms with E-state index in [1.54, 1.807) is 12.1 Å². The van der Waals surface area contributed by atoms with Crippen LogP contribution in [0.4, 0.5) is 11.6 Å². The molecule has 0 aliphatic rings. The summed E-state index contributed by atoms with van der Waals surface area (Å²) in [7, 11) is 0.977. The van der Waals surface area contributed by atoms with Crippen molar-refractivity contribution in [1.29, 1.82) is 0 Å². The fourth-order valence-electron chi connectivity index (χ4n) is 3.66. The summed E-state index contributed by atoms with van der Waals surface area (Å²) in [5.74, 6) is -6.35. The van der Waals surface area contributed by atoms with E-state index in [0.717, 1.165) is 7.11 Å². The second-order valence-electron chi connectivity index (χ2n) is 8.37. The number of carboxylic acid groups (broad SMARTS) is 2. The van der Waals surface area contributed by atoms with E-state index >= 15 is 0 Å². The highest BCUT2D eigenvalue weighted by Gasteiger charge is 2.26. The minimum absolute atomic E-state index is 0.0200. The van der Waals surface area contributed by atoms with Crippen molar-refractivity contribution < 1.29 is 38.9 Å². The molecule has 214 valence electrons. The Labute approximate surface area is 233 Å². The number of aromatic carboxylic acids is 2. The van der Waals surface area contributed by atoms with Crippen LogP contribution < -0.4 is 27.5 Å². The molecule has 2 heterocycles. The molecule has 0 aliphatic heterocycles. The molecule has 8 N–H and O–H groups in total. The third-order valence-electron chi connectivity index (χ3n) is 5.66. The van der Waals surface area contributed by atoms with Crippen LogP contribution in [0.15, 0.2) is 47.4 Å². The summed E-state index contributed by atoms with van der Waals surface area (Å²) in [4.78, 5) is 86.9. The maximum Gasteiger partial charge on any atom is 0.338 e. The van der Waals surface area contributed by atoms with Gasteiger partial charge in [0.1, 0.15) is 0 Å². The van der Waals surface area contributed by atoms with E-state index in [-0.39, 0.29) is 29.2 Å². The molecule has 42 heavy (non-hydrogen) atoms. The summed E-state index contributed by atoms with van der Waals surface area (Å²) in [6.07, 6.45) is 1.42. The van der Waals surface area contributed by atoms with Gasteiger partial charge in [0.15, 0.2) is 11.2 Å².